The maximum absolute atomic E-state index is 6.99. The second-order valence-electron chi connectivity index (χ2n) is 6.93. The predicted octanol–water partition coefficient (Wildman–Crippen LogP) is 5.17. The standard InChI is InChI=1S/C23H24OSi/c1-4-11-20(12-5-1)19-25(22-15-8-3-9-16-22)18-10-17-23(24-25)21-13-6-2-7-14-21/h1-9,11-16,23H,10,17-19H2. The van der Waals surface area contributed by atoms with Gasteiger partial charge in [0.05, 0.1) is 6.10 Å². The molecule has 126 valence electrons. The molecule has 0 aliphatic carbocycles. The van der Waals surface area contributed by atoms with Gasteiger partial charge >= 0.3 is 0 Å². The number of hydrogen-bond donors (Lipinski definition) is 0. The molecule has 2 unspecified atom stereocenters. The van der Waals surface area contributed by atoms with E-state index in [1.54, 1.807) is 0 Å². The topological polar surface area (TPSA) is 9.23 Å². The molecule has 0 bridgehead atoms. The van der Waals surface area contributed by atoms with Crippen molar-refractivity contribution >= 4 is 13.5 Å². The number of rotatable bonds is 4. The molecule has 1 nitrogen and oxygen atoms in total. The minimum absolute atomic E-state index is 0.227. The quantitative estimate of drug-likeness (QED) is 0.593. The maximum Gasteiger partial charge on any atom is 0.229 e. The molecule has 1 heterocycles. The Balaban J connectivity index is 1.70. The van der Waals surface area contributed by atoms with Crippen molar-refractivity contribution in [2.24, 2.45) is 0 Å². The molecular weight excluding hydrogens is 320 g/mol. The molecular formula is C23H24OSi. The van der Waals surface area contributed by atoms with Crippen LogP contribution in [0, 0.1) is 0 Å². The third kappa shape index (κ3) is 3.60. The molecule has 0 aromatic heterocycles. The Morgan fingerprint density at radius 1 is 0.760 bits per heavy atom. The number of benzene rings is 3. The van der Waals surface area contributed by atoms with Gasteiger partial charge in [0.2, 0.25) is 8.32 Å². The highest BCUT2D eigenvalue weighted by Crippen LogP contribution is 2.36. The highest BCUT2D eigenvalue weighted by atomic mass is 28.4. The molecule has 25 heavy (non-hydrogen) atoms. The van der Waals surface area contributed by atoms with Crippen molar-refractivity contribution in [3.05, 3.63) is 102 Å². The summed E-state index contributed by atoms with van der Waals surface area (Å²) in [5, 5.41) is 1.43. The third-order valence-electron chi connectivity index (χ3n) is 5.22. The van der Waals surface area contributed by atoms with Gasteiger partial charge in [-0.3, -0.25) is 0 Å². The zero-order valence-electron chi connectivity index (χ0n) is 14.5. The SMILES string of the molecule is c1ccc(C[Si]2(c3ccccc3)CCCC(c3ccccc3)O2)cc1. The van der Waals surface area contributed by atoms with E-state index in [-0.39, 0.29) is 6.10 Å². The molecule has 3 aromatic carbocycles. The van der Waals surface area contributed by atoms with Crippen LogP contribution in [0.25, 0.3) is 0 Å². The van der Waals surface area contributed by atoms with Gasteiger partial charge in [-0.25, -0.2) is 0 Å². The molecule has 0 amide bonds. The van der Waals surface area contributed by atoms with Gasteiger partial charge in [-0.15, -0.1) is 0 Å². The van der Waals surface area contributed by atoms with Crippen LogP contribution in [-0.2, 0) is 10.5 Å². The van der Waals surface area contributed by atoms with E-state index in [0.29, 0.717) is 0 Å². The van der Waals surface area contributed by atoms with Gasteiger partial charge in [-0.05, 0) is 34.8 Å². The summed E-state index contributed by atoms with van der Waals surface area (Å²) in [5.74, 6) is 0. The fourth-order valence-electron chi connectivity index (χ4n) is 3.98. The summed E-state index contributed by atoms with van der Waals surface area (Å²) < 4.78 is 6.99. The first-order valence-corrected chi connectivity index (χ1v) is 11.5. The summed E-state index contributed by atoms with van der Waals surface area (Å²) >= 11 is 0. The highest BCUT2D eigenvalue weighted by molar-refractivity contribution is 6.86. The predicted molar refractivity (Wildman–Crippen MR) is 106 cm³/mol. The Morgan fingerprint density at radius 3 is 2.04 bits per heavy atom. The van der Waals surface area contributed by atoms with E-state index in [2.05, 4.69) is 91.0 Å². The first kappa shape index (κ1) is 16.3. The second-order valence-corrected chi connectivity index (χ2v) is 10.6. The molecule has 0 N–H and O–H groups in total. The third-order valence-corrected chi connectivity index (χ3v) is 9.48. The molecule has 0 spiro atoms. The van der Waals surface area contributed by atoms with Crippen LogP contribution in [0.5, 0.6) is 0 Å². The Bertz CT molecular complexity index is 788. The summed E-state index contributed by atoms with van der Waals surface area (Å²) in [6.45, 7) is 0. The molecule has 1 aliphatic heterocycles. The zero-order chi connectivity index (χ0) is 17.0. The lowest BCUT2D eigenvalue weighted by Crippen LogP contribution is -2.55. The van der Waals surface area contributed by atoms with Gasteiger partial charge in [-0.1, -0.05) is 97.4 Å². The van der Waals surface area contributed by atoms with Gasteiger partial charge in [0.25, 0.3) is 0 Å². The van der Waals surface area contributed by atoms with E-state index in [0.717, 1.165) is 12.5 Å². The summed E-state index contributed by atoms with van der Waals surface area (Å²) in [6.07, 6.45) is 2.60. The van der Waals surface area contributed by atoms with Crippen LogP contribution < -0.4 is 5.19 Å². The van der Waals surface area contributed by atoms with E-state index >= 15 is 0 Å². The second kappa shape index (κ2) is 7.38. The van der Waals surface area contributed by atoms with E-state index < -0.39 is 8.32 Å². The van der Waals surface area contributed by atoms with E-state index in [4.69, 9.17) is 4.43 Å². The van der Waals surface area contributed by atoms with Crippen molar-refractivity contribution in [2.45, 2.75) is 31.0 Å². The van der Waals surface area contributed by atoms with Crippen LogP contribution in [0.1, 0.15) is 30.1 Å². The van der Waals surface area contributed by atoms with Crippen LogP contribution in [-0.4, -0.2) is 8.32 Å². The summed E-state index contributed by atoms with van der Waals surface area (Å²) in [7, 11) is -2.05. The highest BCUT2D eigenvalue weighted by Gasteiger charge is 2.42. The van der Waals surface area contributed by atoms with Crippen LogP contribution in [0.15, 0.2) is 91.0 Å². The average Bonchev–Trinajstić information content (AvgIpc) is 2.70. The van der Waals surface area contributed by atoms with E-state index in [9.17, 15) is 0 Å². The lowest BCUT2D eigenvalue weighted by molar-refractivity contribution is 0.163. The van der Waals surface area contributed by atoms with Crippen LogP contribution in [0.3, 0.4) is 0 Å². The summed E-state index contributed by atoms with van der Waals surface area (Å²) in [6, 6.07) is 34.8. The molecule has 3 aromatic rings. The molecule has 1 saturated heterocycles. The summed E-state index contributed by atoms with van der Waals surface area (Å²) in [5.41, 5.74) is 2.72. The molecule has 2 atom stereocenters. The van der Waals surface area contributed by atoms with Crippen LogP contribution >= 0.6 is 0 Å². The van der Waals surface area contributed by atoms with Crippen molar-refractivity contribution in [3.8, 4) is 0 Å². The zero-order valence-corrected chi connectivity index (χ0v) is 15.5. The van der Waals surface area contributed by atoms with Gasteiger partial charge in [0.15, 0.2) is 0 Å². The Morgan fingerprint density at radius 2 is 1.36 bits per heavy atom. The van der Waals surface area contributed by atoms with E-state index in [1.807, 2.05) is 0 Å². The normalized spacial score (nSPS) is 23.3. The van der Waals surface area contributed by atoms with Crippen LogP contribution in [0.2, 0.25) is 6.04 Å². The van der Waals surface area contributed by atoms with Crippen molar-refractivity contribution in [2.75, 3.05) is 0 Å². The van der Waals surface area contributed by atoms with Crippen molar-refractivity contribution in [3.63, 3.8) is 0 Å². The van der Waals surface area contributed by atoms with Gasteiger partial charge in [-0.2, -0.15) is 0 Å². The minimum Gasteiger partial charge on any atom is -0.405 e. The Kier molecular flexibility index (Phi) is 4.82. The first-order valence-electron chi connectivity index (χ1n) is 9.18. The molecule has 4 rings (SSSR count). The molecule has 2 heteroatoms. The lowest BCUT2D eigenvalue weighted by Gasteiger charge is -2.40. The lowest BCUT2D eigenvalue weighted by atomic mass is 10.1. The van der Waals surface area contributed by atoms with Crippen molar-refractivity contribution in [1.82, 2.24) is 0 Å². The monoisotopic (exact) mass is 344 g/mol. The molecule has 0 radical (unpaired) electrons. The fraction of sp³-hybridized carbons (Fsp3) is 0.217. The van der Waals surface area contributed by atoms with Crippen LogP contribution in [0.4, 0.5) is 0 Å². The van der Waals surface area contributed by atoms with Gasteiger partial charge < -0.3 is 4.43 Å². The van der Waals surface area contributed by atoms with Gasteiger partial charge in [0, 0.05) is 0 Å². The van der Waals surface area contributed by atoms with Gasteiger partial charge in [0.1, 0.15) is 0 Å². The minimum atomic E-state index is -2.05. The Labute approximate surface area is 151 Å². The Hall–Kier alpha value is -2.16. The molecule has 1 fully saturated rings. The van der Waals surface area contributed by atoms with Crippen molar-refractivity contribution in [1.29, 1.82) is 0 Å². The average molecular weight is 345 g/mol. The van der Waals surface area contributed by atoms with Crippen molar-refractivity contribution < 1.29 is 4.43 Å². The largest absolute Gasteiger partial charge is 0.405 e. The molecule has 0 saturated carbocycles. The smallest absolute Gasteiger partial charge is 0.229 e. The number of hydrogen-bond acceptors (Lipinski definition) is 1. The maximum atomic E-state index is 6.99. The molecule has 1 aliphatic rings. The van der Waals surface area contributed by atoms with E-state index in [1.165, 1.54) is 28.8 Å². The first-order chi connectivity index (χ1) is 12.4. The fourth-order valence-corrected chi connectivity index (χ4v) is 8.25. The summed E-state index contributed by atoms with van der Waals surface area (Å²) in [4.78, 5) is 0.